The Labute approximate surface area is 130 Å². The van der Waals surface area contributed by atoms with Gasteiger partial charge >= 0.3 is 0 Å². The number of aliphatic hydroxyl groups excluding tert-OH is 1. The van der Waals surface area contributed by atoms with Crippen LogP contribution >= 0.6 is 11.6 Å². The van der Waals surface area contributed by atoms with E-state index in [4.69, 9.17) is 17.3 Å². The Balaban J connectivity index is 2.12. The van der Waals surface area contributed by atoms with Gasteiger partial charge in [0.05, 0.1) is 15.6 Å². The smallest absolute Gasteiger partial charge is 0.240 e. The summed E-state index contributed by atoms with van der Waals surface area (Å²) in [6.45, 7) is 2.17. The second kappa shape index (κ2) is 6.52. The highest BCUT2D eigenvalue weighted by atomic mass is 35.5. The van der Waals surface area contributed by atoms with Crippen LogP contribution in [0.4, 0.5) is 5.69 Å². The van der Waals surface area contributed by atoms with Crippen molar-refractivity contribution in [3.8, 4) is 0 Å². The van der Waals surface area contributed by atoms with E-state index in [9.17, 15) is 13.5 Å². The zero-order valence-electron chi connectivity index (χ0n) is 12.0. The van der Waals surface area contributed by atoms with Crippen LogP contribution in [-0.2, 0) is 10.0 Å². The molecule has 0 aliphatic heterocycles. The van der Waals surface area contributed by atoms with Gasteiger partial charge in [-0.1, -0.05) is 18.0 Å². The summed E-state index contributed by atoms with van der Waals surface area (Å²) in [7, 11) is -3.61. The molecule has 1 aromatic carbocycles. The number of sulfonamides is 1. The van der Waals surface area contributed by atoms with Gasteiger partial charge < -0.3 is 10.8 Å². The van der Waals surface area contributed by atoms with Crippen molar-refractivity contribution < 1.29 is 13.5 Å². The number of nitrogens with two attached hydrogens (primary N) is 1. The summed E-state index contributed by atoms with van der Waals surface area (Å²) in [6, 6.07) is 2.88. The molecule has 0 amide bonds. The predicted octanol–water partition coefficient (Wildman–Crippen LogP) is 1.92. The van der Waals surface area contributed by atoms with Crippen LogP contribution in [-0.4, -0.2) is 26.7 Å². The number of aryl methyl sites for hydroxylation is 1. The molecule has 118 valence electrons. The maximum atomic E-state index is 12.3. The van der Waals surface area contributed by atoms with Gasteiger partial charge in [0, 0.05) is 13.2 Å². The van der Waals surface area contributed by atoms with Gasteiger partial charge in [0.1, 0.15) is 0 Å². The van der Waals surface area contributed by atoms with Crippen LogP contribution < -0.4 is 10.5 Å². The van der Waals surface area contributed by atoms with Crippen molar-refractivity contribution in [2.75, 3.05) is 18.9 Å². The fourth-order valence-electron chi connectivity index (χ4n) is 2.84. The molecule has 2 unspecified atom stereocenters. The fraction of sp³-hybridized carbons (Fsp3) is 0.571. The average molecular weight is 333 g/mol. The van der Waals surface area contributed by atoms with Crippen molar-refractivity contribution in [2.45, 2.75) is 31.1 Å². The number of rotatable bonds is 5. The van der Waals surface area contributed by atoms with E-state index in [2.05, 4.69) is 4.72 Å². The lowest BCUT2D eigenvalue weighted by molar-refractivity contribution is 0.195. The Morgan fingerprint density at radius 3 is 2.67 bits per heavy atom. The molecule has 7 heteroatoms. The van der Waals surface area contributed by atoms with Crippen molar-refractivity contribution in [2.24, 2.45) is 11.8 Å². The standard InChI is InChI=1S/C14H21ClN2O3S/c1-9-5-12(6-13(16)14(9)15)21(19,20)17-7-10-3-2-4-11(10)8-18/h5-6,10-11,17-18H,2-4,7-8,16H2,1H3. The van der Waals surface area contributed by atoms with Crippen molar-refractivity contribution in [3.63, 3.8) is 0 Å². The minimum atomic E-state index is -3.61. The third-order valence-electron chi connectivity index (χ3n) is 4.15. The number of nitrogen functional groups attached to an aromatic ring is 1. The van der Waals surface area contributed by atoms with Crippen LogP contribution in [0.2, 0.25) is 5.02 Å². The number of benzene rings is 1. The molecule has 1 aliphatic rings. The van der Waals surface area contributed by atoms with Crippen molar-refractivity contribution in [3.05, 3.63) is 22.7 Å². The molecule has 0 spiro atoms. The van der Waals surface area contributed by atoms with E-state index in [0.717, 1.165) is 19.3 Å². The molecule has 0 saturated heterocycles. The minimum Gasteiger partial charge on any atom is -0.397 e. The molecule has 1 aromatic rings. The van der Waals surface area contributed by atoms with Gasteiger partial charge in [-0.3, -0.25) is 0 Å². The summed E-state index contributed by atoms with van der Waals surface area (Å²) in [5, 5.41) is 9.66. The van der Waals surface area contributed by atoms with Crippen LogP contribution in [0.15, 0.2) is 17.0 Å². The molecule has 1 saturated carbocycles. The highest BCUT2D eigenvalue weighted by molar-refractivity contribution is 7.89. The van der Waals surface area contributed by atoms with Crippen molar-refractivity contribution >= 4 is 27.3 Å². The summed E-state index contributed by atoms with van der Waals surface area (Å²) in [5.41, 5.74) is 6.61. The third kappa shape index (κ3) is 3.69. The molecule has 0 radical (unpaired) electrons. The van der Waals surface area contributed by atoms with E-state index in [1.165, 1.54) is 12.1 Å². The monoisotopic (exact) mass is 332 g/mol. The number of nitrogens with one attached hydrogen (secondary N) is 1. The molecule has 0 aromatic heterocycles. The summed E-state index contributed by atoms with van der Waals surface area (Å²) in [6.07, 6.45) is 2.93. The lowest BCUT2D eigenvalue weighted by atomic mass is 9.97. The lowest BCUT2D eigenvalue weighted by Crippen LogP contribution is -2.31. The molecule has 2 rings (SSSR count). The summed E-state index contributed by atoms with van der Waals surface area (Å²) in [4.78, 5) is 0.125. The van der Waals surface area contributed by atoms with E-state index >= 15 is 0 Å². The van der Waals surface area contributed by atoms with Gasteiger partial charge in [0.25, 0.3) is 0 Å². The highest BCUT2D eigenvalue weighted by Gasteiger charge is 2.28. The normalized spacial score (nSPS) is 22.6. The molecule has 1 fully saturated rings. The number of hydrogen-bond acceptors (Lipinski definition) is 4. The van der Waals surface area contributed by atoms with Crippen LogP contribution in [0, 0.1) is 18.8 Å². The SMILES string of the molecule is Cc1cc(S(=O)(=O)NCC2CCCC2CO)cc(N)c1Cl. The van der Waals surface area contributed by atoms with Gasteiger partial charge in [0.2, 0.25) is 10.0 Å². The molecule has 5 nitrogen and oxygen atoms in total. The highest BCUT2D eigenvalue weighted by Crippen LogP contribution is 2.31. The first-order valence-corrected chi connectivity index (χ1v) is 8.87. The number of aliphatic hydroxyl groups is 1. The first kappa shape index (κ1) is 16.5. The molecule has 0 bridgehead atoms. The van der Waals surface area contributed by atoms with E-state index in [1.54, 1.807) is 6.92 Å². The Morgan fingerprint density at radius 1 is 1.38 bits per heavy atom. The first-order chi connectivity index (χ1) is 9.85. The summed E-state index contributed by atoms with van der Waals surface area (Å²) >= 11 is 5.95. The molecule has 2 atom stereocenters. The number of hydrogen-bond donors (Lipinski definition) is 3. The second-order valence-electron chi connectivity index (χ2n) is 5.63. The van der Waals surface area contributed by atoms with Crippen molar-refractivity contribution in [1.29, 1.82) is 0 Å². The first-order valence-electron chi connectivity index (χ1n) is 7.01. The largest absolute Gasteiger partial charge is 0.397 e. The number of anilines is 1. The Kier molecular flexibility index (Phi) is 5.14. The molecular formula is C14H21ClN2O3S. The van der Waals surface area contributed by atoms with Gasteiger partial charge in [0.15, 0.2) is 0 Å². The van der Waals surface area contributed by atoms with Crippen molar-refractivity contribution in [1.82, 2.24) is 4.72 Å². The van der Waals surface area contributed by atoms with Gasteiger partial charge in [-0.2, -0.15) is 0 Å². The Hall–Kier alpha value is -0.820. The topological polar surface area (TPSA) is 92.4 Å². The summed E-state index contributed by atoms with van der Waals surface area (Å²) < 4.78 is 27.3. The number of halogens is 1. The molecule has 1 aliphatic carbocycles. The van der Waals surface area contributed by atoms with E-state index in [-0.39, 0.29) is 29.0 Å². The molecule has 21 heavy (non-hydrogen) atoms. The van der Waals surface area contributed by atoms with Crippen LogP contribution in [0.5, 0.6) is 0 Å². The van der Waals surface area contributed by atoms with E-state index in [0.29, 0.717) is 17.1 Å². The Bertz CT molecular complexity index is 596. The lowest BCUT2D eigenvalue weighted by Gasteiger charge is -2.18. The minimum absolute atomic E-state index is 0.111. The average Bonchev–Trinajstić information content (AvgIpc) is 2.89. The van der Waals surface area contributed by atoms with Gasteiger partial charge in [-0.25, -0.2) is 13.1 Å². The zero-order valence-corrected chi connectivity index (χ0v) is 13.5. The fourth-order valence-corrected chi connectivity index (χ4v) is 4.16. The second-order valence-corrected chi connectivity index (χ2v) is 7.77. The Morgan fingerprint density at radius 2 is 2.05 bits per heavy atom. The van der Waals surface area contributed by atoms with Crippen LogP contribution in [0.3, 0.4) is 0 Å². The maximum absolute atomic E-state index is 12.3. The quantitative estimate of drug-likeness (QED) is 0.718. The molecule has 0 heterocycles. The zero-order chi connectivity index (χ0) is 15.6. The predicted molar refractivity (Wildman–Crippen MR) is 83.7 cm³/mol. The third-order valence-corrected chi connectivity index (χ3v) is 6.07. The van der Waals surface area contributed by atoms with Crippen LogP contribution in [0.25, 0.3) is 0 Å². The summed E-state index contributed by atoms with van der Waals surface area (Å²) in [5.74, 6) is 0.375. The van der Waals surface area contributed by atoms with Gasteiger partial charge in [-0.05, 0) is 49.3 Å². The van der Waals surface area contributed by atoms with E-state index < -0.39 is 10.0 Å². The maximum Gasteiger partial charge on any atom is 0.240 e. The molecular weight excluding hydrogens is 312 g/mol. The van der Waals surface area contributed by atoms with Crippen LogP contribution in [0.1, 0.15) is 24.8 Å². The molecule has 4 N–H and O–H groups in total. The van der Waals surface area contributed by atoms with E-state index in [1.807, 2.05) is 0 Å². The van der Waals surface area contributed by atoms with Gasteiger partial charge in [-0.15, -0.1) is 0 Å².